The molecule has 5 rings (SSSR count). The van der Waals surface area contributed by atoms with Crippen LogP contribution in [0.25, 0.3) is 11.1 Å². The Morgan fingerprint density at radius 1 is 1.05 bits per heavy atom. The van der Waals surface area contributed by atoms with Crippen molar-refractivity contribution in [3.8, 4) is 17.2 Å². The van der Waals surface area contributed by atoms with Crippen LogP contribution in [-0.4, -0.2) is 50.6 Å². The first-order valence-corrected chi connectivity index (χ1v) is 12.4. The third-order valence-electron chi connectivity index (χ3n) is 6.76. The van der Waals surface area contributed by atoms with Crippen molar-refractivity contribution < 1.29 is 24.0 Å². The van der Waals surface area contributed by atoms with Gasteiger partial charge in [0.05, 0.1) is 16.7 Å². The molecular formula is C28H23N7O5. The maximum absolute atomic E-state index is 13.0. The Labute approximate surface area is 228 Å². The SMILES string of the molecule is CC(C)(NC(=O)Nc1ccc2c(n1)C(=O)N(C1CCC(=O)NC1=O)C2=O)c1ccc(-c2cncc(C#N)c2)cc1. The molecular weight excluding hydrogens is 514 g/mol. The summed E-state index contributed by atoms with van der Waals surface area (Å²) in [5.74, 6) is -2.59. The summed E-state index contributed by atoms with van der Waals surface area (Å²) in [4.78, 5) is 71.4. The van der Waals surface area contributed by atoms with E-state index in [2.05, 4.69) is 32.0 Å². The van der Waals surface area contributed by atoms with Crippen LogP contribution in [0.3, 0.4) is 0 Å². The minimum Gasteiger partial charge on any atom is -0.329 e. The highest BCUT2D eigenvalue weighted by atomic mass is 16.2. The third kappa shape index (κ3) is 4.88. The van der Waals surface area contributed by atoms with Gasteiger partial charge in [0.25, 0.3) is 11.8 Å². The fraction of sp³-hybridized carbons (Fsp3) is 0.214. The smallest absolute Gasteiger partial charge is 0.321 e. The predicted octanol–water partition coefficient (Wildman–Crippen LogP) is 2.47. The number of imide groups is 2. The normalized spacial score (nSPS) is 16.7. The zero-order valence-electron chi connectivity index (χ0n) is 21.5. The number of rotatable bonds is 5. The number of carbonyl (C=O) groups excluding carboxylic acids is 5. The second kappa shape index (κ2) is 10.0. The van der Waals surface area contributed by atoms with Crippen molar-refractivity contribution in [3.63, 3.8) is 0 Å². The van der Waals surface area contributed by atoms with E-state index < -0.39 is 41.2 Å². The molecule has 4 heterocycles. The Bertz CT molecular complexity index is 1620. The summed E-state index contributed by atoms with van der Waals surface area (Å²) in [6.07, 6.45) is 3.19. The fourth-order valence-electron chi connectivity index (χ4n) is 4.65. The highest BCUT2D eigenvalue weighted by Gasteiger charge is 2.45. The van der Waals surface area contributed by atoms with Gasteiger partial charge >= 0.3 is 6.03 Å². The van der Waals surface area contributed by atoms with E-state index in [0.717, 1.165) is 21.6 Å². The van der Waals surface area contributed by atoms with Gasteiger partial charge < -0.3 is 5.32 Å². The first-order chi connectivity index (χ1) is 19.1. The lowest BCUT2D eigenvalue weighted by atomic mass is 9.92. The molecule has 3 N–H and O–H groups in total. The summed E-state index contributed by atoms with van der Waals surface area (Å²) in [5.41, 5.74) is 1.94. The number of fused-ring (bicyclic) bond motifs is 1. The van der Waals surface area contributed by atoms with Gasteiger partial charge in [-0.15, -0.1) is 0 Å². The Hall–Kier alpha value is -5.44. The van der Waals surface area contributed by atoms with E-state index in [1.54, 1.807) is 12.3 Å². The maximum Gasteiger partial charge on any atom is 0.321 e. The van der Waals surface area contributed by atoms with Crippen LogP contribution in [0, 0.1) is 11.3 Å². The topological polar surface area (TPSA) is 174 Å². The van der Waals surface area contributed by atoms with Gasteiger partial charge in [0.15, 0.2) is 0 Å². The average Bonchev–Trinajstić information content (AvgIpc) is 3.17. The van der Waals surface area contributed by atoms with Crippen LogP contribution < -0.4 is 16.0 Å². The summed E-state index contributed by atoms with van der Waals surface area (Å²) in [6, 6.07) is 12.3. The molecule has 0 aliphatic carbocycles. The Kier molecular flexibility index (Phi) is 6.56. The van der Waals surface area contributed by atoms with Crippen molar-refractivity contribution >= 4 is 35.5 Å². The number of benzene rings is 1. The van der Waals surface area contributed by atoms with Crippen LogP contribution in [0.4, 0.5) is 10.6 Å². The van der Waals surface area contributed by atoms with E-state index in [4.69, 9.17) is 5.26 Å². The Balaban J connectivity index is 1.27. The quantitative estimate of drug-likeness (QED) is 0.416. The van der Waals surface area contributed by atoms with Gasteiger partial charge in [-0.05, 0) is 49.6 Å². The monoisotopic (exact) mass is 537 g/mol. The van der Waals surface area contributed by atoms with Crippen LogP contribution in [0.15, 0.2) is 54.9 Å². The summed E-state index contributed by atoms with van der Waals surface area (Å²) in [7, 11) is 0. The van der Waals surface area contributed by atoms with Crippen molar-refractivity contribution in [3.05, 3.63) is 77.2 Å². The number of nitriles is 1. The number of nitrogens with zero attached hydrogens (tertiary/aromatic N) is 4. The van der Waals surface area contributed by atoms with Crippen LogP contribution in [0.2, 0.25) is 0 Å². The number of carbonyl (C=O) groups is 5. The highest BCUT2D eigenvalue weighted by Crippen LogP contribution is 2.28. The summed E-state index contributed by atoms with van der Waals surface area (Å²) < 4.78 is 0. The van der Waals surface area contributed by atoms with Crippen LogP contribution in [0.5, 0.6) is 0 Å². The summed E-state index contributed by atoms with van der Waals surface area (Å²) >= 11 is 0. The number of hydrogen-bond acceptors (Lipinski definition) is 8. The van der Waals surface area contributed by atoms with Gasteiger partial charge in [0.1, 0.15) is 23.6 Å². The van der Waals surface area contributed by atoms with Gasteiger partial charge in [-0.3, -0.25) is 39.7 Å². The molecule has 6 amide bonds. The molecule has 200 valence electrons. The lowest BCUT2D eigenvalue weighted by molar-refractivity contribution is -0.136. The molecule has 0 bridgehead atoms. The maximum atomic E-state index is 13.0. The number of nitrogens with one attached hydrogen (secondary N) is 3. The van der Waals surface area contributed by atoms with Gasteiger partial charge in [0, 0.05) is 24.4 Å². The van der Waals surface area contributed by atoms with Crippen LogP contribution in [0.1, 0.15) is 58.7 Å². The lowest BCUT2D eigenvalue weighted by Crippen LogP contribution is -2.54. The number of amides is 6. The second-order valence-electron chi connectivity index (χ2n) is 9.90. The minimum absolute atomic E-state index is 0.00825. The number of pyridine rings is 2. The number of piperidine rings is 1. The van der Waals surface area contributed by atoms with E-state index in [0.29, 0.717) is 5.56 Å². The molecule has 0 spiro atoms. The van der Waals surface area contributed by atoms with Gasteiger partial charge in [-0.1, -0.05) is 24.3 Å². The number of anilines is 1. The predicted molar refractivity (Wildman–Crippen MR) is 140 cm³/mol. The molecule has 2 aliphatic heterocycles. The second-order valence-corrected chi connectivity index (χ2v) is 9.90. The molecule has 1 unspecified atom stereocenters. The first-order valence-electron chi connectivity index (χ1n) is 12.4. The molecule has 40 heavy (non-hydrogen) atoms. The number of hydrogen-bond donors (Lipinski definition) is 3. The molecule has 3 aromatic rings. The lowest BCUT2D eigenvalue weighted by Gasteiger charge is -2.27. The summed E-state index contributed by atoms with van der Waals surface area (Å²) in [6.45, 7) is 3.63. The molecule has 0 radical (unpaired) electrons. The number of aromatic nitrogens is 2. The van der Waals surface area contributed by atoms with Crippen molar-refractivity contribution in [1.82, 2.24) is 25.5 Å². The molecule has 1 aromatic carbocycles. The zero-order chi connectivity index (χ0) is 28.6. The van der Waals surface area contributed by atoms with Gasteiger partial charge in [-0.25, -0.2) is 9.78 Å². The van der Waals surface area contributed by atoms with E-state index in [9.17, 15) is 24.0 Å². The largest absolute Gasteiger partial charge is 0.329 e. The molecule has 2 aliphatic rings. The zero-order valence-corrected chi connectivity index (χ0v) is 21.5. The minimum atomic E-state index is -1.11. The summed E-state index contributed by atoms with van der Waals surface area (Å²) in [5, 5.41) is 16.7. The van der Waals surface area contributed by atoms with Gasteiger partial charge in [-0.2, -0.15) is 5.26 Å². The highest BCUT2D eigenvalue weighted by molar-refractivity contribution is 6.22. The van der Waals surface area contributed by atoms with E-state index >= 15 is 0 Å². The van der Waals surface area contributed by atoms with Gasteiger partial charge in [0.2, 0.25) is 11.8 Å². The molecule has 1 atom stereocenters. The molecule has 2 aromatic heterocycles. The third-order valence-corrected chi connectivity index (χ3v) is 6.76. The Morgan fingerprint density at radius 3 is 2.50 bits per heavy atom. The average molecular weight is 538 g/mol. The van der Waals surface area contributed by atoms with Crippen molar-refractivity contribution in [2.75, 3.05) is 5.32 Å². The van der Waals surface area contributed by atoms with E-state index in [1.165, 1.54) is 18.3 Å². The fourth-order valence-corrected chi connectivity index (χ4v) is 4.65. The Morgan fingerprint density at radius 2 is 1.80 bits per heavy atom. The molecule has 12 heteroatoms. The van der Waals surface area contributed by atoms with Crippen molar-refractivity contribution in [2.45, 2.75) is 38.3 Å². The standard InChI is InChI=1S/C28H23N7O5/c1-28(2,18-5-3-16(4-6-18)17-11-15(12-29)13-30-14-17)34-27(40)32-21-9-7-19-23(31-21)26(39)35(25(19)38)20-8-10-22(36)33-24(20)37/h3-7,9,11,13-14,20H,8,10H2,1-2H3,(H,33,36,37)(H2,31,32,34,40). The van der Waals surface area contributed by atoms with Crippen molar-refractivity contribution in [2.24, 2.45) is 0 Å². The van der Waals surface area contributed by atoms with Crippen LogP contribution in [-0.2, 0) is 15.1 Å². The first kappa shape index (κ1) is 26.2. The molecule has 1 saturated heterocycles. The van der Waals surface area contributed by atoms with Crippen molar-refractivity contribution in [1.29, 1.82) is 5.26 Å². The molecule has 0 saturated carbocycles. The van der Waals surface area contributed by atoms with E-state index in [1.807, 2.05) is 38.1 Å². The van der Waals surface area contributed by atoms with E-state index in [-0.39, 0.29) is 29.9 Å². The number of urea groups is 1. The molecule has 12 nitrogen and oxygen atoms in total. The molecule has 1 fully saturated rings. The van der Waals surface area contributed by atoms with Crippen LogP contribution >= 0.6 is 0 Å².